The second-order valence-corrected chi connectivity index (χ2v) is 7.61. The second-order valence-electron chi connectivity index (χ2n) is 7.61. The van der Waals surface area contributed by atoms with E-state index < -0.39 is 0 Å². The quantitative estimate of drug-likeness (QED) is 0.793. The molecule has 4 rings (SSSR count). The molecule has 3 heteroatoms. The average molecular weight is 277 g/mol. The largest absolute Gasteiger partial charge is 0.314 e. The van der Waals surface area contributed by atoms with Crippen molar-refractivity contribution in [2.75, 3.05) is 32.7 Å². The van der Waals surface area contributed by atoms with Gasteiger partial charge in [0, 0.05) is 43.8 Å². The molecule has 0 radical (unpaired) electrons. The number of fused-ring (bicyclic) bond motifs is 1. The van der Waals surface area contributed by atoms with Gasteiger partial charge in [0.1, 0.15) is 0 Å². The topological polar surface area (TPSA) is 18.5 Å². The van der Waals surface area contributed by atoms with Gasteiger partial charge in [-0.25, -0.2) is 0 Å². The zero-order valence-corrected chi connectivity index (χ0v) is 12.9. The highest BCUT2D eigenvalue weighted by Gasteiger charge is 2.48. The van der Waals surface area contributed by atoms with E-state index in [-0.39, 0.29) is 0 Å². The van der Waals surface area contributed by atoms with E-state index in [1.807, 2.05) is 0 Å². The van der Waals surface area contributed by atoms with Crippen LogP contribution in [0.15, 0.2) is 0 Å². The molecule has 0 amide bonds. The summed E-state index contributed by atoms with van der Waals surface area (Å²) in [4.78, 5) is 5.81. The van der Waals surface area contributed by atoms with Gasteiger partial charge >= 0.3 is 0 Å². The molecular formula is C17H31N3. The smallest absolute Gasteiger partial charge is 0.0338 e. The highest BCUT2D eigenvalue weighted by atomic mass is 15.3. The predicted octanol–water partition coefficient (Wildman–Crippen LogP) is 2.22. The maximum absolute atomic E-state index is 3.72. The fraction of sp³-hybridized carbons (Fsp3) is 1.00. The van der Waals surface area contributed by atoms with Gasteiger partial charge in [-0.2, -0.15) is 0 Å². The van der Waals surface area contributed by atoms with Crippen LogP contribution in [0.25, 0.3) is 0 Å². The summed E-state index contributed by atoms with van der Waals surface area (Å²) in [5, 5.41) is 3.72. The van der Waals surface area contributed by atoms with Gasteiger partial charge < -0.3 is 5.32 Å². The Kier molecular flexibility index (Phi) is 3.78. The Morgan fingerprint density at radius 3 is 2.60 bits per heavy atom. The van der Waals surface area contributed by atoms with Gasteiger partial charge in [-0.05, 0) is 38.6 Å². The Morgan fingerprint density at radius 2 is 1.70 bits per heavy atom. The van der Waals surface area contributed by atoms with Crippen LogP contribution in [0, 0.1) is 0 Å². The third-order valence-electron chi connectivity index (χ3n) is 6.60. The van der Waals surface area contributed by atoms with Gasteiger partial charge in [0.05, 0.1) is 0 Å². The van der Waals surface area contributed by atoms with Crippen molar-refractivity contribution >= 4 is 0 Å². The molecule has 3 aliphatic heterocycles. The van der Waals surface area contributed by atoms with Crippen LogP contribution >= 0.6 is 0 Å². The summed E-state index contributed by atoms with van der Waals surface area (Å²) in [7, 11) is 0. The average Bonchev–Trinajstić information content (AvgIpc) is 2.92. The Bertz CT molecular complexity index is 329. The first kappa shape index (κ1) is 13.5. The van der Waals surface area contributed by atoms with Gasteiger partial charge in [-0.1, -0.05) is 25.7 Å². The Hall–Kier alpha value is -0.120. The lowest BCUT2D eigenvalue weighted by molar-refractivity contribution is -0.0226. The lowest BCUT2D eigenvalue weighted by atomic mass is 9.77. The zero-order valence-electron chi connectivity index (χ0n) is 12.9. The van der Waals surface area contributed by atoms with E-state index in [1.165, 1.54) is 90.5 Å². The summed E-state index contributed by atoms with van der Waals surface area (Å²) in [6, 6.07) is 1.76. The van der Waals surface area contributed by atoms with Crippen molar-refractivity contribution in [2.45, 2.75) is 75.4 Å². The molecule has 0 aromatic rings. The molecule has 0 aromatic carbocycles. The van der Waals surface area contributed by atoms with E-state index in [4.69, 9.17) is 0 Å². The summed E-state index contributed by atoms with van der Waals surface area (Å²) in [6.07, 6.45) is 13.1. The maximum atomic E-state index is 3.72. The first-order valence-corrected chi connectivity index (χ1v) is 9.11. The van der Waals surface area contributed by atoms with Crippen LogP contribution in [0.5, 0.6) is 0 Å². The molecule has 3 heterocycles. The standard InChI is InChI=1S/C17H31N3/c1-3-8-17(9-4-1)14-18-10-13-20(17)16-7-12-19-11-5-2-6-15(16)19/h15-16,18H,1-14H2. The summed E-state index contributed by atoms with van der Waals surface area (Å²) in [6.45, 7) is 6.52. The number of hydrogen-bond acceptors (Lipinski definition) is 3. The molecule has 4 aliphatic rings. The van der Waals surface area contributed by atoms with E-state index in [2.05, 4.69) is 15.1 Å². The van der Waals surface area contributed by atoms with Crippen LogP contribution in [0.2, 0.25) is 0 Å². The van der Waals surface area contributed by atoms with Crippen LogP contribution in [-0.2, 0) is 0 Å². The molecule has 114 valence electrons. The van der Waals surface area contributed by atoms with Crippen LogP contribution in [0.3, 0.4) is 0 Å². The molecule has 3 saturated heterocycles. The third kappa shape index (κ3) is 2.22. The molecule has 2 atom stereocenters. The fourth-order valence-corrected chi connectivity index (χ4v) is 5.63. The van der Waals surface area contributed by atoms with E-state index in [9.17, 15) is 0 Å². The lowest BCUT2D eigenvalue weighted by Crippen LogP contribution is -2.66. The molecule has 1 N–H and O–H groups in total. The number of nitrogens with zero attached hydrogens (tertiary/aromatic N) is 2. The van der Waals surface area contributed by atoms with Crippen molar-refractivity contribution in [1.82, 2.24) is 15.1 Å². The van der Waals surface area contributed by atoms with E-state index in [1.54, 1.807) is 0 Å². The minimum Gasteiger partial charge on any atom is -0.314 e. The Balaban J connectivity index is 1.55. The highest BCUT2D eigenvalue weighted by Crippen LogP contribution is 2.40. The van der Waals surface area contributed by atoms with Gasteiger partial charge in [-0.3, -0.25) is 9.80 Å². The minimum atomic E-state index is 0.522. The van der Waals surface area contributed by atoms with Crippen molar-refractivity contribution in [3.8, 4) is 0 Å². The molecule has 1 saturated carbocycles. The molecular weight excluding hydrogens is 246 g/mol. The van der Waals surface area contributed by atoms with Crippen molar-refractivity contribution in [3.63, 3.8) is 0 Å². The van der Waals surface area contributed by atoms with Gasteiger partial charge in [0.2, 0.25) is 0 Å². The molecule has 0 aromatic heterocycles. The van der Waals surface area contributed by atoms with Gasteiger partial charge in [0.25, 0.3) is 0 Å². The van der Waals surface area contributed by atoms with Gasteiger partial charge in [-0.15, -0.1) is 0 Å². The third-order valence-corrected chi connectivity index (χ3v) is 6.60. The van der Waals surface area contributed by atoms with Gasteiger partial charge in [0.15, 0.2) is 0 Å². The molecule has 3 nitrogen and oxygen atoms in total. The first-order chi connectivity index (χ1) is 9.89. The first-order valence-electron chi connectivity index (χ1n) is 9.11. The van der Waals surface area contributed by atoms with Crippen molar-refractivity contribution in [1.29, 1.82) is 0 Å². The van der Waals surface area contributed by atoms with Crippen molar-refractivity contribution < 1.29 is 0 Å². The van der Waals surface area contributed by atoms with Crippen LogP contribution in [-0.4, -0.2) is 60.1 Å². The maximum Gasteiger partial charge on any atom is 0.0338 e. The molecule has 1 spiro atoms. The number of piperidine rings is 1. The summed E-state index contributed by atoms with van der Waals surface area (Å²) >= 11 is 0. The van der Waals surface area contributed by atoms with Crippen LogP contribution < -0.4 is 5.32 Å². The lowest BCUT2D eigenvalue weighted by Gasteiger charge is -2.54. The number of rotatable bonds is 1. The molecule has 2 unspecified atom stereocenters. The van der Waals surface area contributed by atoms with Crippen molar-refractivity contribution in [2.24, 2.45) is 0 Å². The van der Waals surface area contributed by atoms with E-state index in [0.29, 0.717) is 5.54 Å². The van der Waals surface area contributed by atoms with Crippen LogP contribution in [0.1, 0.15) is 57.8 Å². The monoisotopic (exact) mass is 277 g/mol. The van der Waals surface area contributed by atoms with E-state index >= 15 is 0 Å². The molecule has 0 bridgehead atoms. The molecule has 1 aliphatic carbocycles. The Labute approximate surface area is 124 Å². The normalized spacial score (nSPS) is 39.0. The van der Waals surface area contributed by atoms with Crippen LogP contribution in [0.4, 0.5) is 0 Å². The zero-order chi connectivity index (χ0) is 13.4. The highest BCUT2D eigenvalue weighted by molar-refractivity contribution is 5.05. The van der Waals surface area contributed by atoms with Crippen molar-refractivity contribution in [3.05, 3.63) is 0 Å². The summed E-state index contributed by atoms with van der Waals surface area (Å²) in [5.41, 5.74) is 0.522. The number of hydrogen-bond donors (Lipinski definition) is 1. The Morgan fingerprint density at radius 1 is 0.800 bits per heavy atom. The van der Waals surface area contributed by atoms with E-state index in [0.717, 1.165) is 12.1 Å². The minimum absolute atomic E-state index is 0.522. The summed E-state index contributed by atoms with van der Waals surface area (Å²) in [5.74, 6) is 0. The predicted molar refractivity (Wildman–Crippen MR) is 83.0 cm³/mol. The SMILES string of the molecule is C1CCC2(CC1)CNCCN2C1CCN2CCCCC12. The summed E-state index contributed by atoms with van der Waals surface area (Å²) < 4.78 is 0. The molecule has 20 heavy (non-hydrogen) atoms. The second kappa shape index (κ2) is 5.58. The number of nitrogens with one attached hydrogen (secondary N) is 1. The fourth-order valence-electron chi connectivity index (χ4n) is 5.63. The molecule has 4 fully saturated rings. The number of piperazine rings is 1.